The molecule has 79 heavy (non-hydrogen) atoms. The Morgan fingerprint density at radius 3 is 2.22 bits per heavy atom. The second-order valence-electron chi connectivity index (χ2n) is 19.1. The smallest absolute Gasteiger partial charge is 0.352 e. The minimum Gasteiger partial charge on any atom is -0.862 e. The van der Waals surface area contributed by atoms with E-state index in [0.29, 0.717) is 76.9 Å². The summed E-state index contributed by atoms with van der Waals surface area (Å²) in [6.45, 7) is 5.74. The molecular formula is C43H55N17O15S4. The number of imide groups is 1. The van der Waals surface area contributed by atoms with Crippen LogP contribution < -0.4 is 25.9 Å². The number of carboxylic acids is 2. The highest BCUT2D eigenvalue weighted by atomic mass is 32.2. The molecule has 36 heteroatoms. The molecule has 6 atom stereocenters. The summed E-state index contributed by atoms with van der Waals surface area (Å²) in [7, 11) is 4.03. The number of nitrogens with one attached hydrogen (secondary N) is 6. The van der Waals surface area contributed by atoms with Gasteiger partial charge in [0.15, 0.2) is 5.82 Å². The van der Waals surface area contributed by atoms with E-state index in [2.05, 4.69) is 46.0 Å². The SMILES string of the molecule is CCN1CCN(C(=O)N[C@@H](C(=O)N[C@]2(OC)C(=O)N3C(C(=O)O)=C(CSc4nnnn4C)CS[C@@H]32)[C@H](C)O)C(=O)C1=O.CO/N=C(\C(=O)N[C@@H]1C(=O)N2C(C(=O)O)=C(C[N+]34CCC(C(=N)[O-])(CC3)CC4)CS[C@H]12)c1nc(=N)s[nH]1. The number of oxime groups is 1. The van der Waals surface area contributed by atoms with Gasteiger partial charge in [0.2, 0.25) is 21.6 Å². The van der Waals surface area contributed by atoms with Crippen LogP contribution in [-0.2, 0) is 55.0 Å². The Kier molecular flexibility index (Phi) is 16.9. The van der Waals surface area contributed by atoms with Gasteiger partial charge in [-0.05, 0) is 47.3 Å². The maximum atomic E-state index is 13.4. The molecule has 426 valence electrons. The number of likely N-dealkylation sites (N-methyl/N-ethyl adjacent to an activating group) is 1. The zero-order chi connectivity index (χ0) is 57.5. The number of aliphatic carboxylic acids is 2. The molecule has 0 radical (unpaired) electrons. The van der Waals surface area contributed by atoms with E-state index in [1.807, 2.05) is 0 Å². The van der Waals surface area contributed by atoms with Crippen molar-refractivity contribution in [1.29, 1.82) is 10.8 Å². The lowest BCUT2D eigenvalue weighted by Crippen LogP contribution is -2.81. The number of rotatable bonds is 18. The van der Waals surface area contributed by atoms with Gasteiger partial charge in [-0.25, -0.2) is 19.1 Å². The highest BCUT2D eigenvalue weighted by Gasteiger charge is 2.67. The third-order valence-corrected chi connectivity index (χ3v) is 19.1. The van der Waals surface area contributed by atoms with Crippen molar-refractivity contribution in [3.8, 4) is 0 Å². The van der Waals surface area contributed by atoms with E-state index >= 15 is 0 Å². The summed E-state index contributed by atoms with van der Waals surface area (Å²) >= 11 is 4.62. The normalized spacial score (nSPS) is 27.2. The average molecular weight is 1180 g/mol. The molecule has 0 unspecified atom stereocenters. The first-order valence-corrected chi connectivity index (χ1v) is 28.1. The van der Waals surface area contributed by atoms with E-state index in [1.54, 1.807) is 14.0 Å². The minimum atomic E-state index is -2.01. The molecule has 0 spiro atoms. The number of amides is 8. The van der Waals surface area contributed by atoms with Gasteiger partial charge in [-0.1, -0.05) is 16.9 Å². The Morgan fingerprint density at radius 1 is 1.00 bits per heavy atom. The molecule has 10 rings (SSSR count). The Morgan fingerprint density at radius 2 is 1.66 bits per heavy atom. The van der Waals surface area contributed by atoms with Gasteiger partial charge >= 0.3 is 29.8 Å². The summed E-state index contributed by atoms with van der Waals surface area (Å²) in [4.78, 5) is 127. The lowest BCUT2D eigenvalue weighted by molar-refractivity contribution is -0.940. The monoisotopic (exact) mass is 1180 g/mol. The number of hydrogen-bond acceptors (Lipinski definition) is 24. The highest BCUT2D eigenvalue weighted by molar-refractivity contribution is 8.01. The minimum absolute atomic E-state index is 0.0239. The maximum Gasteiger partial charge on any atom is 0.352 e. The van der Waals surface area contributed by atoms with Crippen molar-refractivity contribution < 1.29 is 77.6 Å². The number of urea groups is 1. The number of H-pyrrole nitrogens is 1. The van der Waals surface area contributed by atoms with Crippen molar-refractivity contribution in [3.05, 3.63) is 33.2 Å². The number of thioether (sulfide) groups is 3. The lowest BCUT2D eigenvalue weighted by atomic mass is 9.70. The van der Waals surface area contributed by atoms with E-state index in [-0.39, 0.29) is 58.9 Å². The maximum absolute atomic E-state index is 13.4. The second kappa shape index (κ2) is 23.0. The number of aliphatic hydroxyl groups is 1. The van der Waals surface area contributed by atoms with Crippen LogP contribution in [0.1, 0.15) is 38.9 Å². The number of aromatic amines is 1. The quantitative estimate of drug-likeness (QED) is 0.00993. The van der Waals surface area contributed by atoms with Gasteiger partial charge in [-0.2, -0.15) is 4.98 Å². The number of carboxylic acid groups (broad SMARTS) is 2. The fourth-order valence-electron chi connectivity index (χ4n) is 10.3. The van der Waals surface area contributed by atoms with E-state index in [4.69, 9.17) is 20.4 Å². The number of tetrazole rings is 1. The van der Waals surface area contributed by atoms with E-state index in [9.17, 15) is 63.6 Å². The first kappa shape index (κ1) is 58.2. The lowest BCUT2D eigenvalue weighted by Gasteiger charge is -2.57. The predicted octanol–water partition coefficient (Wildman–Crippen LogP) is -4.46. The number of hydrogen-bond donors (Lipinski definition) is 9. The molecule has 2 aromatic heterocycles. The van der Waals surface area contributed by atoms with Crippen LogP contribution in [0.3, 0.4) is 0 Å². The molecular weight excluding hydrogens is 1120 g/mol. The number of nitrogens with zero attached hydrogens (tertiary/aromatic N) is 11. The molecule has 8 amide bonds. The number of quaternary nitrogens is 1. The first-order chi connectivity index (χ1) is 37.5. The van der Waals surface area contributed by atoms with Gasteiger partial charge in [0.05, 0.1) is 25.7 Å². The Labute approximate surface area is 464 Å². The van der Waals surface area contributed by atoms with Gasteiger partial charge in [-0.3, -0.25) is 53.2 Å². The number of aliphatic hydroxyl groups excluding tert-OH is 1. The largest absolute Gasteiger partial charge is 0.862 e. The number of piperazine rings is 1. The molecule has 10 heterocycles. The summed E-state index contributed by atoms with van der Waals surface area (Å²) in [5.41, 5.74) is -2.00. The third kappa shape index (κ3) is 10.8. The molecule has 0 saturated carbocycles. The van der Waals surface area contributed by atoms with Crippen LogP contribution in [0.5, 0.6) is 0 Å². The standard InChI is InChI=1S/C22H29N9O9S2.C21H26N8O6S2/c1-5-29-6-7-30(16(35)15(29)34)20(39)23-12(10(2)32)14(33)24-22(40-4)18(38)31-13(17(36)37)11(8-41-19(22)31)9-42-21-25-26-27-28(21)3;1-35-26-11(14-25-20(23)37-27-14)15(30)24-12-16(31)28-13(18(32)33)10(9-36-17(12)28)8-29-5-2-21(3-6-29,4-7-29)19(22)34/h10,12,19,32H,5-9H2,1-4H3,(H,23,39)(H,24,33)(H,36,37);12,17H,2-9H2,1H3,(H5-,22,23,24,25,27,30,32,33,34)/b;26-11-/t10-,12+,19+,22-;12-,17-,21?,29?/m01/s1. The van der Waals surface area contributed by atoms with Crippen LogP contribution in [0.25, 0.3) is 0 Å². The second-order valence-corrected chi connectivity index (χ2v) is 23.1. The molecule has 9 N–H and O–H groups in total. The van der Waals surface area contributed by atoms with Crippen molar-refractivity contribution in [2.24, 2.45) is 17.6 Å². The van der Waals surface area contributed by atoms with Crippen LogP contribution >= 0.6 is 46.8 Å². The Bertz CT molecular complexity index is 3030. The number of piperidine rings is 3. The van der Waals surface area contributed by atoms with E-state index in [0.717, 1.165) is 35.3 Å². The molecule has 2 bridgehead atoms. The number of ether oxygens (including phenoxy) is 1. The highest BCUT2D eigenvalue weighted by Crippen LogP contribution is 2.48. The molecule has 0 aromatic carbocycles. The number of aryl methyl sites for hydroxylation is 1. The Balaban J connectivity index is 0.000000209. The van der Waals surface area contributed by atoms with Crippen LogP contribution in [0.2, 0.25) is 0 Å². The molecule has 2 aromatic rings. The zero-order valence-electron chi connectivity index (χ0n) is 42.9. The van der Waals surface area contributed by atoms with Gasteiger partial charge < -0.3 is 60.7 Å². The molecule has 8 aliphatic rings. The van der Waals surface area contributed by atoms with Crippen LogP contribution in [0, 0.1) is 16.2 Å². The van der Waals surface area contributed by atoms with Crippen LogP contribution in [0.4, 0.5) is 4.79 Å². The predicted molar refractivity (Wildman–Crippen MR) is 272 cm³/mol. The number of carbonyl (C=O) groups is 9. The summed E-state index contributed by atoms with van der Waals surface area (Å²) < 4.78 is 10.2. The first-order valence-electron chi connectivity index (χ1n) is 24.2. The van der Waals surface area contributed by atoms with Crippen molar-refractivity contribution in [3.63, 3.8) is 0 Å². The van der Waals surface area contributed by atoms with E-state index < -0.39 is 99.4 Å². The molecule has 6 saturated heterocycles. The van der Waals surface area contributed by atoms with Gasteiger partial charge in [-0.15, -0.1) is 28.6 Å². The van der Waals surface area contributed by atoms with Gasteiger partial charge in [0, 0.05) is 81.3 Å². The van der Waals surface area contributed by atoms with E-state index in [1.165, 1.54) is 52.0 Å². The summed E-state index contributed by atoms with van der Waals surface area (Å²) in [5.74, 6) is -7.41. The van der Waals surface area contributed by atoms with Crippen molar-refractivity contribution in [2.75, 3.05) is 77.3 Å². The molecule has 32 nitrogen and oxygen atoms in total. The molecule has 6 fully saturated rings. The fourth-order valence-corrected chi connectivity index (χ4v) is 14.5. The van der Waals surface area contributed by atoms with Crippen molar-refractivity contribution in [1.82, 2.24) is 65.1 Å². The number of β-lactam (4-membered cyclic amide) rings is 2. The van der Waals surface area contributed by atoms with Gasteiger partial charge in [0.25, 0.3) is 23.4 Å². The number of fused-ring (bicyclic) bond motifs is 5. The number of carbonyl (C=O) groups excluding carboxylic acids is 7. The van der Waals surface area contributed by atoms with Gasteiger partial charge in [0.1, 0.15) is 47.9 Å². The molecule has 8 aliphatic heterocycles. The van der Waals surface area contributed by atoms with Crippen LogP contribution in [-0.4, -0.2) is 246 Å². The number of methoxy groups -OCH3 is 1. The number of aromatic nitrogens is 6. The zero-order valence-corrected chi connectivity index (χ0v) is 46.1. The summed E-state index contributed by atoms with van der Waals surface area (Å²) in [5, 5.41) is 78.3. The average Bonchev–Trinajstić information content (AvgIpc) is 4.20. The van der Waals surface area contributed by atoms with Crippen molar-refractivity contribution >= 4 is 112 Å². The summed E-state index contributed by atoms with van der Waals surface area (Å²) in [6.07, 6.45) is 0.382. The third-order valence-electron chi connectivity index (χ3n) is 14.7. The topological polar surface area (TPSA) is 437 Å². The van der Waals surface area contributed by atoms with Crippen LogP contribution in [0.15, 0.2) is 32.9 Å². The fraction of sp³-hybridized carbons (Fsp3) is 0.581. The summed E-state index contributed by atoms with van der Waals surface area (Å²) in [6, 6.07) is -3.69. The van der Waals surface area contributed by atoms with Crippen molar-refractivity contribution in [2.45, 2.75) is 72.9 Å². The Hall–Kier alpha value is -6.99. The molecule has 0 aliphatic carbocycles.